The van der Waals surface area contributed by atoms with Crippen LogP contribution in [0.4, 0.5) is 0 Å². The molecule has 6 nitrogen and oxygen atoms in total. The summed E-state index contributed by atoms with van der Waals surface area (Å²) in [5.74, 6) is -0.839. The van der Waals surface area contributed by atoms with Gasteiger partial charge in [0.25, 0.3) is 0 Å². The van der Waals surface area contributed by atoms with Crippen LogP contribution in [0.3, 0.4) is 0 Å². The second-order valence-electron chi connectivity index (χ2n) is 19.6. The Hall–Kier alpha value is -1.59. The molecule has 374 valence electrons. The first-order chi connectivity index (χ1) is 31.0. The standard InChI is InChI=1S/C57H110O6/c1-4-7-10-13-16-19-22-23-24-25-26-27-28-29-30-31-32-33-36-38-41-44-47-50-56(59)62-53-54(63-57(60)51-48-45-42-39-35-21-18-15-12-9-6-3)52-61-55(58)49-46-43-40-37-34-20-17-14-11-8-5-2/h54H,4-53H2,1-3H3. The number of carbonyl (C=O) groups is 3. The fourth-order valence-electron chi connectivity index (χ4n) is 8.80. The monoisotopic (exact) mass is 891 g/mol. The zero-order valence-electron chi connectivity index (χ0n) is 42.9. The molecule has 0 saturated heterocycles. The van der Waals surface area contributed by atoms with Crippen molar-refractivity contribution in [2.75, 3.05) is 13.2 Å². The highest BCUT2D eigenvalue weighted by Gasteiger charge is 2.19. The molecular weight excluding hydrogens is 781 g/mol. The Balaban J connectivity index is 4.13. The van der Waals surface area contributed by atoms with E-state index in [-0.39, 0.29) is 31.1 Å². The van der Waals surface area contributed by atoms with Crippen LogP contribution in [0.5, 0.6) is 0 Å². The van der Waals surface area contributed by atoms with Gasteiger partial charge in [-0.1, -0.05) is 290 Å². The number of ether oxygens (including phenoxy) is 3. The molecule has 1 unspecified atom stereocenters. The van der Waals surface area contributed by atoms with Gasteiger partial charge in [0.05, 0.1) is 0 Å². The summed E-state index contributed by atoms with van der Waals surface area (Å²) in [6.45, 7) is 6.68. The first-order valence-electron chi connectivity index (χ1n) is 28.5. The quantitative estimate of drug-likeness (QED) is 0.0344. The van der Waals surface area contributed by atoms with E-state index in [1.807, 2.05) is 0 Å². The van der Waals surface area contributed by atoms with Crippen molar-refractivity contribution < 1.29 is 28.6 Å². The average Bonchev–Trinajstić information content (AvgIpc) is 3.28. The Morgan fingerprint density at radius 2 is 0.429 bits per heavy atom. The number of unbranched alkanes of at least 4 members (excludes halogenated alkanes) is 42. The van der Waals surface area contributed by atoms with Crippen LogP contribution in [0.2, 0.25) is 0 Å². The van der Waals surface area contributed by atoms with Crippen LogP contribution in [0, 0.1) is 0 Å². The first-order valence-corrected chi connectivity index (χ1v) is 28.5. The maximum Gasteiger partial charge on any atom is 0.306 e. The molecule has 6 heteroatoms. The van der Waals surface area contributed by atoms with Gasteiger partial charge in [-0.05, 0) is 19.3 Å². The second-order valence-corrected chi connectivity index (χ2v) is 19.6. The lowest BCUT2D eigenvalue weighted by molar-refractivity contribution is -0.167. The molecule has 0 aliphatic heterocycles. The Bertz CT molecular complexity index is 936. The minimum atomic E-state index is -0.759. The topological polar surface area (TPSA) is 78.9 Å². The van der Waals surface area contributed by atoms with Gasteiger partial charge in [0.2, 0.25) is 0 Å². The van der Waals surface area contributed by atoms with Gasteiger partial charge < -0.3 is 14.2 Å². The number of hydrogen-bond donors (Lipinski definition) is 0. The van der Waals surface area contributed by atoms with E-state index in [4.69, 9.17) is 14.2 Å². The molecular formula is C57H110O6. The van der Waals surface area contributed by atoms with Gasteiger partial charge in [0, 0.05) is 19.3 Å². The smallest absolute Gasteiger partial charge is 0.306 e. The fraction of sp³-hybridized carbons (Fsp3) is 0.947. The van der Waals surface area contributed by atoms with Crippen LogP contribution in [0.1, 0.15) is 329 Å². The largest absolute Gasteiger partial charge is 0.462 e. The van der Waals surface area contributed by atoms with Crippen molar-refractivity contribution in [3.05, 3.63) is 0 Å². The van der Waals surface area contributed by atoms with Crippen LogP contribution >= 0.6 is 0 Å². The van der Waals surface area contributed by atoms with E-state index in [1.165, 1.54) is 231 Å². The second kappa shape index (κ2) is 53.0. The summed E-state index contributed by atoms with van der Waals surface area (Å²) in [7, 11) is 0. The lowest BCUT2D eigenvalue weighted by Crippen LogP contribution is -2.30. The van der Waals surface area contributed by atoms with E-state index in [2.05, 4.69) is 20.8 Å². The summed E-state index contributed by atoms with van der Waals surface area (Å²) < 4.78 is 16.8. The summed E-state index contributed by atoms with van der Waals surface area (Å²) in [5.41, 5.74) is 0. The lowest BCUT2D eigenvalue weighted by Gasteiger charge is -2.18. The SMILES string of the molecule is CCCCCCCCCCCCCCCCCCCCCCCCCC(=O)OCC(COC(=O)CCCCCCCCCCCCC)OC(=O)CCCCCCCCCCCCC. The molecule has 1 atom stereocenters. The third-order valence-electron chi connectivity index (χ3n) is 13.1. The zero-order chi connectivity index (χ0) is 45.8. The Kier molecular flexibility index (Phi) is 51.7. The molecule has 0 heterocycles. The van der Waals surface area contributed by atoms with E-state index in [9.17, 15) is 14.4 Å². The highest BCUT2D eigenvalue weighted by atomic mass is 16.6. The molecule has 0 fully saturated rings. The average molecular weight is 892 g/mol. The van der Waals surface area contributed by atoms with E-state index >= 15 is 0 Å². The molecule has 0 rings (SSSR count). The number of carbonyl (C=O) groups excluding carboxylic acids is 3. The predicted molar refractivity (Wildman–Crippen MR) is 270 cm³/mol. The molecule has 0 N–H and O–H groups in total. The maximum atomic E-state index is 12.8. The Morgan fingerprint density at radius 3 is 0.635 bits per heavy atom. The van der Waals surface area contributed by atoms with Crippen LogP contribution in [0.25, 0.3) is 0 Å². The molecule has 0 spiro atoms. The van der Waals surface area contributed by atoms with Crippen molar-refractivity contribution >= 4 is 17.9 Å². The molecule has 0 saturated carbocycles. The summed E-state index contributed by atoms with van der Waals surface area (Å²) in [6.07, 6.45) is 58.2. The van der Waals surface area contributed by atoms with Crippen molar-refractivity contribution in [1.82, 2.24) is 0 Å². The van der Waals surface area contributed by atoms with Gasteiger partial charge in [-0.25, -0.2) is 0 Å². The van der Waals surface area contributed by atoms with Crippen LogP contribution in [-0.2, 0) is 28.6 Å². The summed E-state index contributed by atoms with van der Waals surface area (Å²) in [5, 5.41) is 0. The Morgan fingerprint density at radius 1 is 0.254 bits per heavy atom. The van der Waals surface area contributed by atoms with E-state index in [1.54, 1.807) is 0 Å². The van der Waals surface area contributed by atoms with Gasteiger partial charge >= 0.3 is 17.9 Å². The predicted octanol–water partition coefficient (Wildman–Crippen LogP) is 18.8. The highest BCUT2D eigenvalue weighted by Crippen LogP contribution is 2.18. The van der Waals surface area contributed by atoms with Gasteiger partial charge in [0.15, 0.2) is 6.10 Å². The fourth-order valence-corrected chi connectivity index (χ4v) is 8.80. The molecule has 0 aromatic rings. The molecule has 63 heavy (non-hydrogen) atoms. The molecule has 0 radical (unpaired) electrons. The van der Waals surface area contributed by atoms with Crippen LogP contribution < -0.4 is 0 Å². The van der Waals surface area contributed by atoms with Crippen molar-refractivity contribution in [3.8, 4) is 0 Å². The molecule has 0 aromatic carbocycles. The van der Waals surface area contributed by atoms with Gasteiger partial charge in [-0.2, -0.15) is 0 Å². The highest BCUT2D eigenvalue weighted by molar-refractivity contribution is 5.71. The van der Waals surface area contributed by atoms with Crippen molar-refractivity contribution in [2.24, 2.45) is 0 Å². The van der Waals surface area contributed by atoms with Gasteiger partial charge in [-0.3, -0.25) is 14.4 Å². The number of rotatable bonds is 53. The third-order valence-corrected chi connectivity index (χ3v) is 13.1. The Labute approximate surface area is 393 Å². The van der Waals surface area contributed by atoms with Crippen LogP contribution in [0.15, 0.2) is 0 Å². The number of esters is 3. The van der Waals surface area contributed by atoms with Crippen molar-refractivity contribution in [3.63, 3.8) is 0 Å². The normalized spacial score (nSPS) is 11.9. The molecule has 0 aromatic heterocycles. The lowest BCUT2D eigenvalue weighted by atomic mass is 10.0. The third kappa shape index (κ3) is 51.3. The first kappa shape index (κ1) is 61.4. The maximum absolute atomic E-state index is 12.8. The molecule has 0 amide bonds. The molecule has 0 aliphatic rings. The van der Waals surface area contributed by atoms with E-state index in [0.29, 0.717) is 19.3 Å². The van der Waals surface area contributed by atoms with E-state index < -0.39 is 6.10 Å². The number of hydrogen-bond acceptors (Lipinski definition) is 6. The summed E-state index contributed by atoms with van der Waals surface area (Å²) >= 11 is 0. The molecule has 0 aliphatic carbocycles. The zero-order valence-corrected chi connectivity index (χ0v) is 42.9. The van der Waals surface area contributed by atoms with Crippen LogP contribution in [-0.4, -0.2) is 37.2 Å². The van der Waals surface area contributed by atoms with Crippen molar-refractivity contribution in [1.29, 1.82) is 0 Å². The minimum Gasteiger partial charge on any atom is -0.462 e. The van der Waals surface area contributed by atoms with Crippen molar-refractivity contribution in [2.45, 2.75) is 335 Å². The molecule has 0 bridgehead atoms. The summed E-state index contributed by atoms with van der Waals surface area (Å²) in [6, 6.07) is 0. The van der Waals surface area contributed by atoms with Gasteiger partial charge in [-0.15, -0.1) is 0 Å². The van der Waals surface area contributed by atoms with Gasteiger partial charge in [0.1, 0.15) is 13.2 Å². The minimum absolute atomic E-state index is 0.0616. The summed E-state index contributed by atoms with van der Waals surface area (Å²) in [4.78, 5) is 38.0. The van der Waals surface area contributed by atoms with E-state index in [0.717, 1.165) is 57.8 Å².